The monoisotopic (exact) mass is 385 g/mol. The molecule has 0 spiro atoms. The maximum absolute atomic E-state index is 12.4. The third-order valence-corrected chi connectivity index (χ3v) is 5.23. The minimum atomic E-state index is -0.637. The molecule has 4 amide bonds. The van der Waals surface area contributed by atoms with Gasteiger partial charge in [0.1, 0.15) is 5.57 Å². The Labute approximate surface area is 162 Å². The largest absolute Gasteiger partial charge is 0.333 e. The molecule has 1 aliphatic heterocycles. The Hall–Kier alpha value is -2.86. The fourth-order valence-electron chi connectivity index (χ4n) is 3.18. The van der Waals surface area contributed by atoms with Gasteiger partial charge < -0.3 is 4.57 Å². The number of aromatic nitrogens is 1. The summed E-state index contributed by atoms with van der Waals surface area (Å²) >= 11 is 6.26. The van der Waals surface area contributed by atoms with E-state index in [0.29, 0.717) is 5.02 Å². The summed E-state index contributed by atoms with van der Waals surface area (Å²) in [6.07, 6.45) is 1.54. The number of nitrogens with zero attached hydrogens (tertiary/aromatic N) is 3. The van der Waals surface area contributed by atoms with Crippen LogP contribution in [0.5, 0.6) is 0 Å². The Bertz CT molecular complexity index is 994. The molecule has 140 valence electrons. The average Bonchev–Trinajstić information content (AvgIpc) is 2.91. The summed E-state index contributed by atoms with van der Waals surface area (Å²) in [5, 5.41) is 0.666. The fraction of sp³-hybridized carbons (Fsp3) is 0.250. The number of amides is 4. The van der Waals surface area contributed by atoms with E-state index >= 15 is 0 Å². The number of barbiturate groups is 1. The van der Waals surface area contributed by atoms with E-state index in [-0.39, 0.29) is 5.57 Å². The number of imide groups is 2. The smallest absolute Gasteiger partial charge is 0.318 e. The van der Waals surface area contributed by atoms with Crippen molar-refractivity contribution in [2.75, 3.05) is 14.1 Å². The summed E-state index contributed by atoms with van der Waals surface area (Å²) in [4.78, 5) is 38.6. The molecular formula is C20H20ClN3O3. The van der Waals surface area contributed by atoms with Gasteiger partial charge in [0.25, 0.3) is 11.8 Å². The van der Waals surface area contributed by atoms with Gasteiger partial charge >= 0.3 is 6.03 Å². The standard InChI is InChI=1S/C20H20ClN3O3/c1-11-6-7-15(10-17(11)21)24-12(2)8-14(13(24)3)9-16-18(25)22(4)20(27)23(5)19(16)26/h6-10H,1-5H3. The highest BCUT2D eigenvalue weighted by atomic mass is 35.5. The maximum Gasteiger partial charge on any atom is 0.333 e. The molecule has 0 atom stereocenters. The Balaban J connectivity index is 2.10. The lowest BCUT2D eigenvalue weighted by atomic mass is 10.1. The van der Waals surface area contributed by atoms with E-state index in [1.807, 2.05) is 49.6 Å². The second-order valence-electron chi connectivity index (χ2n) is 6.66. The van der Waals surface area contributed by atoms with Crippen molar-refractivity contribution in [3.8, 4) is 5.69 Å². The molecule has 1 fully saturated rings. The number of aryl methyl sites for hydroxylation is 2. The first-order valence-corrected chi connectivity index (χ1v) is 8.78. The Kier molecular flexibility index (Phi) is 4.70. The van der Waals surface area contributed by atoms with Crippen molar-refractivity contribution in [2.24, 2.45) is 0 Å². The highest BCUT2D eigenvalue weighted by Crippen LogP contribution is 2.27. The normalized spacial score (nSPS) is 15.0. The van der Waals surface area contributed by atoms with Crippen LogP contribution in [0.1, 0.15) is 22.5 Å². The van der Waals surface area contributed by atoms with Crippen LogP contribution in [0.25, 0.3) is 11.8 Å². The van der Waals surface area contributed by atoms with E-state index in [1.165, 1.54) is 14.1 Å². The number of hydrogen-bond acceptors (Lipinski definition) is 3. The summed E-state index contributed by atoms with van der Waals surface area (Å²) in [5.74, 6) is -1.21. The lowest BCUT2D eigenvalue weighted by Gasteiger charge is -2.28. The number of benzene rings is 1. The molecule has 3 rings (SSSR count). The summed E-state index contributed by atoms with van der Waals surface area (Å²) < 4.78 is 2.01. The fourth-order valence-corrected chi connectivity index (χ4v) is 3.36. The highest BCUT2D eigenvalue weighted by molar-refractivity contribution is 6.31. The number of hydrogen-bond donors (Lipinski definition) is 0. The van der Waals surface area contributed by atoms with Gasteiger partial charge in [-0.25, -0.2) is 4.79 Å². The second-order valence-corrected chi connectivity index (χ2v) is 7.07. The van der Waals surface area contributed by atoms with Crippen LogP contribution in [0, 0.1) is 20.8 Å². The topological polar surface area (TPSA) is 62.6 Å². The van der Waals surface area contributed by atoms with Crippen molar-refractivity contribution >= 4 is 35.5 Å². The molecule has 0 aliphatic carbocycles. The molecule has 27 heavy (non-hydrogen) atoms. The zero-order valence-electron chi connectivity index (χ0n) is 15.8. The van der Waals surface area contributed by atoms with E-state index in [1.54, 1.807) is 6.08 Å². The number of halogens is 1. The zero-order chi connectivity index (χ0) is 20.0. The van der Waals surface area contributed by atoms with Crippen LogP contribution in [0.2, 0.25) is 5.02 Å². The molecular weight excluding hydrogens is 366 g/mol. The van der Waals surface area contributed by atoms with Crippen LogP contribution < -0.4 is 0 Å². The van der Waals surface area contributed by atoms with E-state index in [2.05, 4.69) is 0 Å². The zero-order valence-corrected chi connectivity index (χ0v) is 16.6. The van der Waals surface area contributed by atoms with Crippen LogP contribution in [-0.4, -0.2) is 46.3 Å². The van der Waals surface area contributed by atoms with Gasteiger partial charge in [0.15, 0.2) is 0 Å². The van der Waals surface area contributed by atoms with Crippen LogP contribution in [0.4, 0.5) is 4.79 Å². The van der Waals surface area contributed by atoms with Crippen molar-refractivity contribution in [2.45, 2.75) is 20.8 Å². The molecule has 0 saturated carbocycles. The Morgan fingerprint density at radius 1 is 0.926 bits per heavy atom. The Morgan fingerprint density at radius 2 is 1.52 bits per heavy atom. The van der Waals surface area contributed by atoms with Crippen molar-refractivity contribution in [3.63, 3.8) is 0 Å². The van der Waals surface area contributed by atoms with Gasteiger partial charge in [-0.2, -0.15) is 0 Å². The maximum atomic E-state index is 12.4. The molecule has 0 radical (unpaired) electrons. The average molecular weight is 386 g/mol. The molecule has 1 aliphatic rings. The molecule has 1 saturated heterocycles. The predicted octanol–water partition coefficient (Wildman–Crippen LogP) is 3.49. The summed E-state index contributed by atoms with van der Waals surface area (Å²) in [6, 6.07) is 7.05. The molecule has 1 aromatic heterocycles. The molecule has 0 N–H and O–H groups in total. The van der Waals surface area contributed by atoms with Gasteiger partial charge in [0, 0.05) is 36.2 Å². The quantitative estimate of drug-likeness (QED) is 0.587. The summed E-state index contributed by atoms with van der Waals surface area (Å²) in [5.41, 5.74) is 4.38. The summed E-state index contributed by atoms with van der Waals surface area (Å²) in [7, 11) is 2.72. The van der Waals surface area contributed by atoms with E-state index in [0.717, 1.165) is 38.0 Å². The van der Waals surface area contributed by atoms with E-state index in [4.69, 9.17) is 11.6 Å². The minimum Gasteiger partial charge on any atom is -0.318 e. The number of rotatable bonds is 2. The van der Waals surface area contributed by atoms with Crippen LogP contribution in [0.15, 0.2) is 29.8 Å². The molecule has 2 heterocycles. The Morgan fingerprint density at radius 3 is 2.07 bits per heavy atom. The van der Waals surface area contributed by atoms with Gasteiger partial charge in [-0.05, 0) is 56.2 Å². The second kappa shape index (κ2) is 6.70. The minimum absolute atomic E-state index is 0.0400. The molecule has 2 aromatic rings. The van der Waals surface area contributed by atoms with E-state index in [9.17, 15) is 14.4 Å². The lowest BCUT2D eigenvalue weighted by molar-refractivity contribution is -0.134. The predicted molar refractivity (Wildman–Crippen MR) is 104 cm³/mol. The highest BCUT2D eigenvalue weighted by Gasteiger charge is 2.38. The van der Waals surface area contributed by atoms with Gasteiger partial charge in [-0.15, -0.1) is 0 Å². The van der Waals surface area contributed by atoms with Crippen molar-refractivity contribution in [1.82, 2.24) is 14.4 Å². The SMILES string of the molecule is Cc1ccc(-n2c(C)cc(C=C3C(=O)N(C)C(=O)N(C)C3=O)c2C)cc1Cl. The first-order valence-electron chi connectivity index (χ1n) is 8.40. The van der Waals surface area contributed by atoms with Crippen molar-refractivity contribution < 1.29 is 14.4 Å². The van der Waals surface area contributed by atoms with Gasteiger partial charge in [-0.3, -0.25) is 19.4 Å². The first kappa shape index (κ1) is 18.9. The van der Waals surface area contributed by atoms with Crippen molar-refractivity contribution in [1.29, 1.82) is 0 Å². The molecule has 1 aromatic carbocycles. The summed E-state index contributed by atoms with van der Waals surface area (Å²) in [6.45, 7) is 5.78. The number of urea groups is 1. The van der Waals surface area contributed by atoms with Crippen LogP contribution in [0.3, 0.4) is 0 Å². The number of carbonyl (C=O) groups is 3. The molecule has 6 nitrogen and oxygen atoms in total. The lowest BCUT2D eigenvalue weighted by Crippen LogP contribution is -2.52. The van der Waals surface area contributed by atoms with Crippen LogP contribution >= 0.6 is 11.6 Å². The number of likely N-dealkylation sites (N-methyl/N-ethyl adjacent to an activating group) is 2. The van der Waals surface area contributed by atoms with Crippen molar-refractivity contribution in [3.05, 3.63) is 57.4 Å². The third-order valence-electron chi connectivity index (χ3n) is 4.83. The van der Waals surface area contributed by atoms with Gasteiger partial charge in [-0.1, -0.05) is 17.7 Å². The van der Waals surface area contributed by atoms with E-state index < -0.39 is 17.8 Å². The molecule has 0 bridgehead atoms. The van der Waals surface area contributed by atoms with Gasteiger partial charge in [0.2, 0.25) is 0 Å². The number of carbonyl (C=O) groups excluding carboxylic acids is 3. The third kappa shape index (κ3) is 3.06. The molecule has 7 heteroatoms. The van der Waals surface area contributed by atoms with Crippen LogP contribution in [-0.2, 0) is 9.59 Å². The van der Waals surface area contributed by atoms with Gasteiger partial charge in [0.05, 0.1) is 0 Å². The molecule has 0 unspecified atom stereocenters. The first-order chi connectivity index (χ1) is 12.6.